The molecule has 0 aliphatic heterocycles. The third-order valence-corrected chi connectivity index (χ3v) is 3.40. The Morgan fingerprint density at radius 2 is 2.10 bits per heavy atom. The zero-order valence-corrected chi connectivity index (χ0v) is 12.6. The lowest BCUT2D eigenvalue weighted by Gasteiger charge is -2.14. The average molecular weight is 276 g/mol. The van der Waals surface area contributed by atoms with Crippen LogP contribution >= 0.6 is 0 Å². The molecule has 0 aliphatic rings. The number of nitrogens with one attached hydrogen (secondary N) is 1. The fourth-order valence-electron chi connectivity index (χ4n) is 2.28. The molecule has 0 amide bonds. The Hall–Kier alpha value is -1.69. The van der Waals surface area contributed by atoms with Gasteiger partial charge in [-0.15, -0.1) is 0 Å². The second-order valence-corrected chi connectivity index (χ2v) is 4.88. The van der Waals surface area contributed by atoms with Crippen molar-refractivity contribution in [1.29, 1.82) is 0 Å². The predicted octanol–water partition coefficient (Wildman–Crippen LogP) is 1.99. The van der Waals surface area contributed by atoms with Crippen molar-refractivity contribution in [3.8, 4) is 0 Å². The molecule has 0 saturated heterocycles. The van der Waals surface area contributed by atoms with E-state index >= 15 is 0 Å². The van der Waals surface area contributed by atoms with Crippen LogP contribution in [0, 0.1) is 0 Å². The van der Waals surface area contributed by atoms with Crippen LogP contribution in [0.25, 0.3) is 0 Å². The average Bonchev–Trinajstić information content (AvgIpc) is 3.09. The van der Waals surface area contributed by atoms with Crippen LogP contribution in [-0.2, 0) is 13.1 Å². The summed E-state index contributed by atoms with van der Waals surface area (Å²) in [4.78, 5) is 4.28. The quantitative estimate of drug-likeness (QED) is 0.801. The summed E-state index contributed by atoms with van der Waals surface area (Å²) in [5, 5.41) is 12.2. The van der Waals surface area contributed by atoms with Crippen LogP contribution in [0.5, 0.6) is 0 Å². The molecule has 2 rings (SSSR count). The summed E-state index contributed by atoms with van der Waals surface area (Å²) < 4.78 is 3.83. The van der Waals surface area contributed by atoms with Crippen molar-refractivity contribution in [1.82, 2.24) is 29.9 Å². The summed E-state index contributed by atoms with van der Waals surface area (Å²) >= 11 is 0. The van der Waals surface area contributed by atoms with Gasteiger partial charge in [0.15, 0.2) is 0 Å². The van der Waals surface area contributed by atoms with Crippen LogP contribution < -0.4 is 5.32 Å². The lowest BCUT2D eigenvalue weighted by molar-refractivity contribution is 0.517. The van der Waals surface area contributed by atoms with Crippen LogP contribution in [0.3, 0.4) is 0 Å². The van der Waals surface area contributed by atoms with Gasteiger partial charge in [0.05, 0.1) is 6.20 Å². The molecule has 1 atom stereocenters. The van der Waals surface area contributed by atoms with E-state index in [4.69, 9.17) is 0 Å². The molecule has 0 fully saturated rings. The van der Waals surface area contributed by atoms with Crippen LogP contribution in [0.15, 0.2) is 18.7 Å². The number of rotatable bonds is 8. The maximum Gasteiger partial charge on any atom is 0.148 e. The van der Waals surface area contributed by atoms with Crippen LogP contribution in [0.4, 0.5) is 0 Å². The first-order chi connectivity index (χ1) is 9.78. The van der Waals surface area contributed by atoms with Crippen molar-refractivity contribution < 1.29 is 0 Å². The molecule has 1 unspecified atom stereocenters. The molecular weight excluding hydrogens is 252 g/mol. The van der Waals surface area contributed by atoms with E-state index in [0.717, 1.165) is 31.8 Å². The SMILES string of the molecule is CCCNC(CC)c1cnn(Cc2ncnn2CC)c1. The van der Waals surface area contributed by atoms with Crippen LogP contribution in [0.2, 0.25) is 0 Å². The Labute approximate surface area is 120 Å². The predicted molar refractivity (Wildman–Crippen MR) is 78.4 cm³/mol. The van der Waals surface area contributed by atoms with Gasteiger partial charge in [0.25, 0.3) is 0 Å². The van der Waals surface area contributed by atoms with Gasteiger partial charge in [0, 0.05) is 24.3 Å². The van der Waals surface area contributed by atoms with E-state index in [-0.39, 0.29) is 0 Å². The molecule has 0 aliphatic carbocycles. The van der Waals surface area contributed by atoms with Crippen molar-refractivity contribution in [2.24, 2.45) is 0 Å². The molecule has 0 bridgehead atoms. The molecule has 2 heterocycles. The monoisotopic (exact) mass is 276 g/mol. The number of hydrogen-bond donors (Lipinski definition) is 1. The molecule has 6 heteroatoms. The molecule has 0 radical (unpaired) electrons. The van der Waals surface area contributed by atoms with E-state index in [0.29, 0.717) is 12.6 Å². The number of aromatic nitrogens is 5. The second-order valence-electron chi connectivity index (χ2n) is 4.88. The highest BCUT2D eigenvalue weighted by molar-refractivity contribution is 5.10. The molecule has 1 N–H and O–H groups in total. The molecule has 2 aromatic rings. The van der Waals surface area contributed by atoms with Crippen LogP contribution in [0.1, 0.15) is 51.0 Å². The minimum atomic E-state index is 0.382. The Morgan fingerprint density at radius 3 is 2.80 bits per heavy atom. The van der Waals surface area contributed by atoms with E-state index in [1.807, 2.05) is 15.6 Å². The summed E-state index contributed by atoms with van der Waals surface area (Å²) in [5.74, 6) is 0.941. The largest absolute Gasteiger partial charge is 0.310 e. The van der Waals surface area contributed by atoms with Gasteiger partial charge in [0.2, 0.25) is 0 Å². The van der Waals surface area contributed by atoms with Crippen molar-refractivity contribution in [2.75, 3.05) is 6.54 Å². The van der Waals surface area contributed by atoms with Gasteiger partial charge < -0.3 is 5.32 Å². The minimum absolute atomic E-state index is 0.382. The first-order valence-corrected chi connectivity index (χ1v) is 7.40. The van der Waals surface area contributed by atoms with Gasteiger partial charge in [-0.3, -0.25) is 4.68 Å². The Balaban J connectivity index is 2.04. The molecular formula is C14H24N6. The molecule has 0 saturated carbocycles. The van der Waals surface area contributed by atoms with Gasteiger partial charge in [0.1, 0.15) is 18.7 Å². The van der Waals surface area contributed by atoms with E-state index in [1.54, 1.807) is 6.33 Å². The number of nitrogens with zero attached hydrogens (tertiary/aromatic N) is 5. The van der Waals surface area contributed by atoms with Crippen molar-refractivity contribution in [3.63, 3.8) is 0 Å². The van der Waals surface area contributed by atoms with Gasteiger partial charge in [-0.1, -0.05) is 13.8 Å². The Kier molecular flexibility index (Phi) is 5.29. The highest BCUT2D eigenvalue weighted by atomic mass is 15.4. The molecule has 0 spiro atoms. The first kappa shape index (κ1) is 14.7. The molecule has 6 nitrogen and oxygen atoms in total. The first-order valence-electron chi connectivity index (χ1n) is 7.40. The normalized spacial score (nSPS) is 12.8. The number of aryl methyl sites for hydroxylation is 1. The maximum absolute atomic E-state index is 4.44. The summed E-state index contributed by atoms with van der Waals surface area (Å²) in [6.07, 6.45) is 7.86. The lowest BCUT2D eigenvalue weighted by atomic mass is 10.1. The minimum Gasteiger partial charge on any atom is -0.310 e. The van der Waals surface area contributed by atoms with Crippen molar-refractivity contribution >= 4 is 0 Å². The molecule has 0 aromatic carbocycles. The zero-order valence-electron chi connectivity index (χ0n) is 12.6. The van der Waals surface area contributed by atoms with Crippen molar-refractivity contribution in [2.45, 2.75) is 52.7 Å². The van der Waals surface area contributed by atoms with E-state index in [1.165, 1.54) is 5.56 Å². The third kappa shape index (κ3) is 3.45. The zero-order chi connectivity index (χ0) is 14.4. The maximum atomic E-state index is 4.44. The standard InChI is InChI=1S/C14H24N6/c1-4-7-15-13(5-2)12-8-17-19(9-12)10-14-16-11-18-20(14)6-3/h8-9,11,13,15H,4-7,10H2,1-3H3. The van der Waals surface area contributed by atoms with E-state index in [2.05, 4.69) is 47.5 Å². The summed E-state index contributed by atoms with van der Waals surface area (Å²) in [5.41, 5.74) is 1.24. The summed E-state index contributed by atoms with van der Waals surface area (Å²) in [6.45, 7) is 8.97. The number of hydrogen-bond acceptors (Lipinski definition) is 4. The van der Waals surface area contributed by atoms with E-state index < -0.39 is 0 Å². The van der Waals surface area contributed by atoms with E-state index in [9.17, 15) is 0 Å². The van der Waals surface area contributed by atoms with Crippen molar-refractivity contribution in [3.05, 3.63) is 30.1 Å². The lowest BCUT2D eigenvalue weighted by Crippen LogP contribution is -2.21. The van der Waals surface area contributed by atoms with Gasteiger partial charge in [-0.05, 0) is 26.3 Å². The Bertz CT molecular complexity index is 515. The molecule has 2 aromatic heterocycles. The molecule has 110 valence electrons. The van der Waals surface area contributed by atoms with Gasteiger partial charge in [-0.2, -0.15) is 10.2 Å². The third-order valence-electron chi connectivity index (χ3n) is 3.40. The highest BCUT2D eigenvalue weighted by Crippen LogP contribution is 2.15. The topological polar surface area (TPSA) is 60.6 Å². The Morgan fingerprint density at radius 1 is 1.25 bits per heavy atom. The van der Waals surface area contributed by atoms with Gasteiger partial charge in [-0.25, -0.2) is 9.67 Å². The molecule has 20 heavy (non-hydrogen) atoms. The highest BCUT2D eigenvalue weighted by Gasteiger charge is 2.11. The summed E-state index contributed by atoms with van der Waals surface area (Å²) in [6, 6.07) is 0.382. The fourth-order valence-corrected chi connectivity index (χ4v) is 2.28. The smallest absolute Gasteiger partial charge is 0.148 e. The second kappa shape index (κ2) is 7.19. The van der Waals surface area contributed by atoms with Crippen LogP contribution in [-0.4, -0.2) is 31.1 Å². The van der Waals surface area contributed by atoms with Gasteiger partial charge >= 0.3 is 0 Å². The summed E-state index contributed by atoms with van der Waals surface area (Å²) in [7, 11) is 0. The fraction of sp³-hybridized carbons (Fsp3) is 0.643.